The smallest absolute Gasteiger partial charge is 0.0992 e. The number of anilines is 3. The van der Waals surface area contributed by atoms with Crippen molar-refractivity contribution in [1.82, 2.24) is 0 Å². The molecule has 2 aromatic carbocycles. The zero-order valence-electron chi connectivity index (χ0n) is 11.6. The number of rotatable bonds is 2. The number of hydrogen-bond acceptors (Lipinski definition) is 3. The van der Waals surface area contributed by atoms with Crippen LogP contribution in [0.5, 0.6) is 0 Å². The van der Waals surface area contributed by atoms with Crippen LogP contribution >= 0.6 is 0 Å². The summed E-state index contributed by atoms with van der Waals surface area (Å²) in [4.78, 5) is 2.08. The Morgan fingerprint density at radius 3 is 2.65 bits per heavy atom. The number of aryl methyl sites for hydroxylation is 2. The highest BCUT2D eigenvalue weighted by atomic mass is 15.1. The van der Waals surface area contributed by atoms with E-state index in [0.717, 1.165) is 11.4 Å². The highest BCUT2D eigenvalue weighted by Crippen LogP contribution is 2.32. The van der Waals surface area contributed by atoms with Gasteiger partial charge in [-0.15, -0.1) is 0 Å². The fourth-order valence-corrected chi connectivity index (χ4v) is 2.84. The average molecular weight is 263 g/mol. The molecule has 0 fully saturated rings. The van der Waals surface area contributed by atoms with Gasteiger partial charge >= 0.3 is 0 Å². The van der Waals surface area contributed by atoms with Gasteiger partial charge in [-0.3, -0.25) is 0 Å². The lowest BCUT2D eigenvalue weighted by Gasteiger charge is -2.22. The van der Waals surface area contributed by atoms with E-state index in [-0.39, 0.29) is 0 Å². The third-order valence-corrected chi connectivity index (χ3v) is 3.99. The van der Waals surface area contributed by atoms with E-state index in [4.69, 9.17) is 11.0 Å². The van der Waals surface area contributed by atoms with Crippen LogP contribution in [0.25, 0.3) is 0 Å². The molecular weight excluding hydrogens is 246 g/mol. The maximum atomic E-state index is 8.90. The first-order chi connectivity index (χ1) is 9.69. The number of benzene rings is 2. The van der Waals surface area contributed by atoms with E-state index >= 15 is 0 Å². The van der Waals surface area contributed by atoms with Gasteiger partial charge in [0.15, 0.2) is 0 Å². The van der Waals surface area contributed by atoms with E-state index < -0.39 is 0 Å². The van der Waals surface area contributed by atoms with Gasteiger partial charge in [-0.2, -0.15) is 5.26 Å². The molecular formula is C17H17N3. The van der Waals surface area contributed by atoms with Crippen LogP contribution in [0.15, 0.2) is 36.4 Å². The second kappa shape index (κ2) is 4.90. The topological polar surface area (TPSA) is 53.0 Å². The van der Waals surface area contributed by atoms with Crippen LogP contribution in [-0.4, -0.2) is 7.05 Å². The Hall–Kier alpha value is -2.47. The summed E-state index contributed by atoms with van der Waals surface area (Å²) >= 11 is 0. The van der Waals surface area contributed by atoms with Gasteiger partial charge < -0.3 is 10.6 Å². The number of hydrogen-bond donors (Lipinski definition) is 1. The van der Waals surface area contributed by atoms with Gasteiger partial charge in [0.05, 0.1) is 23.0 Å². The molecule has 0 aliphatic heterocycles. The summed E-state index contributed by atoms with van der Waals surface area (Å²) in [5, 5.41) is 8.90. The van der Waals surface area contributed by atoms with Gasteiger partial charge in [-0.25, -0.2) is 0 Å². The van der Waals surface area contributed by atoms with Crippen LogP contribution < -0.4 is 10.6 Å². The number of fused-ring (bicyclic) bond motifs is 1. The van der Waals surface area contributed by atoms with Crippen LogP contribution in [0.1, 0.15) is 23.1 Å². The lowest BCUT2D eigenvalue weighted by molar-refractivity contribution is 0.911. The first-order valence-corrected chi connectivity index (χ1v) is 6.84. The van der Waals surface area contributed by atoms with E-state index in [1.807, 2.05) is 13.1 Å². The highest BCUT2D eigenvalue weighted by Gasteiger charge is 2.14. The molecule has 2 N–H and O–H groups in total. The minimum absolute atomic E-state index is 0.591. The highest BCUT2D eigenvalue weighted by molar-refractivity contribution is 5.76. The Bertz CT molecular complexity index is 698. The molecule has 0 spiro atoms. The molecule has 0 radical (unpaired) electrons. The maximum Gasteiger partial charge on any atom is 0.0992 e. The van der Waals surface area contributed by atoms with Gasteiger partial charge in [-0.05, 0) is 60.7 Å². The minimum atomic E-state index is 0.591. The predicted molar refractivity (Wildman–Crippen MR) is 82.1 cm³/mol. The van der Waals surface area contributed by atoms with Crippen LogP contribution in [0, 0.1) is 11.3 Å². The van der Waals surface area contributed by atoms with Crippen molar-refractivity contribution in [2.75, 3.05) is 17.7 Å². The SMILES string of the molecule is CN(c1ccc2c(c1)CCC2)c1ccc(C#N)cc1N. The maximum absolute atomic E-state index is 8.90. The van der Waals surface area contributed by atoms with Crippen LogP contribution in [0.2, 0.25) is 0 Å². The lowest BCUT2D eigenvalue weighted by Crippen LogP contribution is -2.12. The summed E-state index contributed by atoms with van der Waals surface area (Å²) in [5.41, 5.74) is 12.3. The van der Waals surface area contributed by atoms with Gasteiger partial charge in [0, 0.05) is 12.7 Å². The summed E-state index contributed by atoms with van der Waals surface area (Å²) < 4.78 is 0. The fourth-order valence-electron chi connectivity index (χ4n) is 2.84. The van der Waals surface area contributed by atoms with Crippen LogP contribution in [0.3, 0.4) is 0 Å². The molecule has 100 valence electrons. The normalized spacial score (nSPS) is 12.8. The van der Waals surface area contributed by atoms with Gasteiger partial charge in [-0.1, -0.05) is 6.07 Å². The van der Waals surface area contributed by atoms with Crippen LogP contribution in [-0.2, 0) is 12.8 Å². The molecule has 0 aromatic heterocycles. The number of nitrogens with two attached hydrogens (primary N) is 1. The molecule has 0 heterocycles. The average Bonchev–Trinajstić information content (AvgIpc) is 2.93. The second-order valence-electron chi connectivity index (χ2n) is 5.25. The monoisotopic (exact) mass is 263 g/mol. The number of nitriles is 1. The molecule has 0 saturated heterocycles. The molecule has 0 unspecified atom stereocenters. The first-order valence-electron chi connectivity index (χ1n) is 6.84. The zero-order chi connectivity index (χ0) is 14.1. The van der Waals surface area contributed by atoms with E-state index in [1.165, 1.54) is 30.4 Å². The minimum Gasteiger partial charge on any atom is -0.397 e. The Labute approximate surface area is 119 Å². The predicted octanol–water partition coefficient (Wildman–Crippen LogP) is 3.40. The standard InChI is InChI=1S/C17H17N3/c1-20(17-8-5-12(11-18)9-16(17)19)15-7-6-13-3-2-4-14(13)10-15/h5-10H,2-4,19H2,1H3. The second-order valence-corrected chi connectivity index (χ2v) is 5.25. The van der Waals surface area contributed by atoms with Crippen molar-refractivity contribution in [2.24, 2.45) is 0 Å². The fraction of sp³-hybridized carbons (Fsp3) is 0.235. The van der Waals surface area contributed by atoms with Crippen molar-refractivity contribution < 1.29 is 0 Å². The van der Waals surface area contributed by atoms with Crippen molar-refractivity contribution in [1.29, 1.82) is 5.26 Å². The first kappa shape index (κ1) is 12.6. The summed E-state index contributed by atoms with van der Waals surface area (Å²) in [5.74, 6) is 0. The number of nitrogens with zero attached hydrogens (tertiary/aromatic N) is 2. The van der Waals surface area contributed by atoms with Gasteiger partial charge in [0.1, 0.15) is 0 Å². The van der Waals surface area contributed by atoms with E-state index in [2.05, 4.69) is 29.2 Å². The molecule has 3 heteroatoms. The van der Waals surface area contributed by atoms with Crippen molar-refractivity contribution >= 4 is 17.1 Å². The van der Waals surface area contributed by atoms with Gasteiger partial charge in [0.25, 0.3) is 0 Å². The Kier molecular flexibility index (Phi) is 3.08. The molecule has 0 amide bonds. The van der Waals surface area contributed by atoms with Gasteiger partial charge in [0.2, 0.25) is 0 Å². The van der Waals surface area contributed by atoms with E-state index in [9.17, 15) is 0 Å². The van der Waals surface area contributed by atoms with Crippen molar-refractivity contribution in [3.63, 3.8) is 0 Å². The third-order valence-electron chi connectivity index (χ3n) is 3.99. The van der Waals surface area contributed by atoms with Crippen molar-refractivity contribution in [2.45, 2.75) is 19.3 Å². The quantitative estimate of drug-likeness (QED) is 0.845. The molecule has 1 aliphatic carbocycles. The van der Waals surface area contributed by atoms with E-state index in [0.29, 0.717) is 11.3 Å². The Morgan fingerprint density at radius 1 is 1.10 bits per heavy atom. The largest absolute Gasteiger partial charge is 0.397 e. The number of nitrogen functional groups attached to an aromatic ring is 1. The van der Waals surface area contributed by atoms with Crippen molar-refractivity contribution in [3.8, 4) is 6.07 Å². The van der Waals surface area contributed by atoms with Crippen LogP contribution in [0.4, 0.5) is 17.1 Å². The van der Waals surface area contributed by atoms with Crippen molar-refractivity contribution in [3.05, 3.63) is 53.1 Å². The third kappa shape index (κ3) is 2.10. The Morgan fingerprint density at radius 2 is 1.90 bits per heavy atom. The molecule has 0 bridgehead atoms. The summed E-state index contributed by atoms with van der Waals surface area (Å²) in [6.07, 6.45) is 3.61. The lowest BCUT2D eigenvalue weighted by atomic mass is 10.1. The molecule has 0 saturated carbocycles. The molecule has 3 rings (SSSR count). The molecule has 2 aromatic rings. The summed E-state index contributed by atoms with van der Waals surface area (Å²) in [7, 11) is 2.01. The summed E-state index contributed by atoms with van der Waals surface area (Å²) in [6.45, 7) is 0. The molecule has 3 nitrogen and oxygen atoms in total. The Balaban J connectivity index is 1.96. The molecule has 1 aliphatic rings. The zero-order valence-corrected chi connectivity index (χ0v) is 11.6. The molecule has 0 atom stereocenters. The molecule has 20 heavy (non-hydrogen) atoms. The summed E-state index contributed by atoms with van der Waals surface area (Å²) in [6, 6.07) is 14.1. The van der Waals surface area contributed by atoms with E-state index in [1.54, 1.807) is 12.1 Å².